The Kier molecular flexibility index (Phi) is 5.92. The summed E-state index contributed by atoms with van der Waals surface area (Å²) in [6.45, 7) is 2.74. The maximum Gasteiger partial charge on any atom is 0.229 e. The molecule has 3 aromatic rings. The van der Waals surface area contributed by atoms with Gasteiger partial charge >= 0.3 is 0 Å². The van der Waals surface area contributed by atoms with E-state index in [9.17, 15) is 0 Å². The van der Waals surface area contributed by atoms with Crippen LogP contribution in [0.5, 0.6) is 5.75 Å². The standard InChI is InChI=1S/C20H21ClN4O/c1-14-17(21)4-3-5-18(14)24-20-23-13-11-19(25-20)22-12-10-15-6-8-16(26-2)9-7-15/h3-9,11,13H,10,12H2,1-2H3,(H2,22,23,24,25). The van der Waals surface area contributed by atoms with Crippen molar-refractivity contribution in [3.63, 3.8) is 0 Å². The van der Waals surface area contributed by atoms with Crippen molar-refractivity contribution in [3.05, 3.63) is 70.9 Å². The van der Waals surface area contributed by atoms with E-state index in [2.05, 4.69) is 32.7 Å². The van der Waals surface area contributed by atoms with E-state index in [1.165, 1.54) is 5.56 Å². The summed E-state index contributed by atoms with van der Waals surface area (Å²) in [6.07, 6.45) is 2.62. The zero-order valence-electron chi connectivity index (χ0n) is 14.8. The fourth-order valence-corrected chi connectivity index (χ4v) is 2.68. The van der Waals surface area contributed by atoms with Crippen LogP contribution < -0.4 is 15.4 Å². The first-order valence-electron chi connectivity index (χ1n) is 8.37. The lowest BCUT2D eigenvalue weighted by Gasteiger charge is -2.11. The van der Waals surface area contributed by atoms with Gasteiger partial charge in [0.2, 0.25) is 5.95 Å². The van der Waals surface area contributed by atoms with Crippen LogP contribution in [0.25, 0.3) is 0 Å². The summed E-state index contributed by atoms with van der Waals surface area (Å²) in [5.74, 6) is 2.17. The number of anilines is 3. The average Bonchev–Trinajstić information content (AvgIpc) is 2.66. The predicted octanol–water partition coefficient (Wildman–Crippen LogP) is 4.85. The number of rotatable bonds is 7. The van der Waals surface area contributed by atoms with Gasteiger partial charge in [-0.25, -0.2) is 4.98 Å². The summed E-state index contributed by atoms with van der Waals surface area (Å²) >= 11 is 6.16. The number of methoxy groups -OCH3 is 1. The highest BCUT2D eigenvalue weighted by atomic mass is 35.5. The number of nitrogens with zero attached hydrogens (tertiary/aromatic N) is 2. The third-order valence-corrected chi connectivity index (χ3v) is 4.46. The molecule has 0 aliphatic carbocycles. The van der Waals surface area contributed by atoms with Crippen LogP contribution in [-0.4, -0.2) is 23.6 Å². The Labute approximate surface area is 158 Å². The van der Waals surface area contributed by atoms with Crippen molar-refractivity contribution in [1.29, 1.82) is 0 Å². The third kappa shape index (κ3) is 4.64. The first-order valence-corrected chi connectivity index (χ1v) is 8.75. The van der Waals surface area contributed by atoms with Crippen LogP contribution in [0.15, 0.2) is 54.7 Å². The lowest BCUT2D eigenvalue weighted by atomic mass is 10.1. The van der Waals surface area contributed by atoms with Crippen LogP contribution >= 0.6 is 11.6 Å². The molecule has 0 unspecified atom stereocenters. The maximum absolute atomic E-state index is 6.16. The van der Waals surface area contributed by atoms with E-state index in [1.807, 2.05) is 43.3 Å². The molecule has 0 aliphatic heterocycles. The number of nitrogens with one attached hydrogen (secondary N) is 2. The fourth-order valence-electron chi connectivity index (χ4n) is 2.51. The Morgan fingerprint density at radius 1 is 1.08 bits per heavy atom. The molecule has 1 aromatic heterocycles. The molecular weight excluding hydrogens is 348 g/mol. The van der Waals surface area contributed by atoms with E-state index in [0.29, 0.717) is 11.0 Å². The molecule has 1 heterocycles. The molecule has 26 heavy (non-hydrogen) atoms. The molecular formula is C20H21ClN4O. The van der Waals surface area contributed by atoms with Gasteiger partial charge in [0.15, 0.2) is 0 Å². The molecule has 0 radical (unpaired) electrons. The first-order chi connectivity index (χ1) is 12.7. The summed E-state index contributed by atoms with van der Waals surface area (Å²) in [7, 11) is 1.67. The van der Waals surface area contributed by atoms with Crippen LogP contribution in [0.1, 0.15) is 11.1 Å². The van der Waals surface area contributed by atoms with E-state index in [-0.39, 0.29) is 0 Å². The molecule has 0 fully saturated rings. The molecule has 0 amide bonds. The zero-order valence-corrected chi connectivity index (χ0v) is 15.5. The van der Waals surface area contributed by atoms with Crippen molar-refractivity contribution in [2.75, 3.05) is 24.3 Å². The number of ether oxygens (including phenoxy) is 1. The number of aromatic nitrogens is 2. The molecule has 5 nitrogen and oxygen atoms in total. The van der Waals surface area contributed by atoms with Crippen LogP contribution in [0.3, 0.4) is 0 Å². The van der Waals surface area contributed by atoms with Gasteiger partial charge in [-0.2, -0.15) is 4.98 Å². The second-order valence-electron chi connectivity index (χ2n) is 5.83. The van der Waals surface area contributed by atoms with Gasteiger partial charge in [-0.15, -0.1) is 0 Å². The molecule has 0 atom stereocenters. The molecule has 2 aromatic carbocycles. The molecule has 0 spiro atoms. The Morgan fingerprint density at radius 3 is 2.65 bits per heavy atom. The molecule has 0 saturated heterocycles. The van der Waals surface area contributed by atoms with Gasteiger partial charge in [-0.1, -0.05) is 29.8 Å². The van der Waals surface area contributed by atoms with E-state index >= 15 is 0 Å². The van der Waals surface area contributed by atoms with Crippen LogP contribution in [0, 0.1) is 6.92 Å². The largest absolute Gasteiger partial charge is 0.497 e. The van der Waals surface area contributed by atoms with Crippen molar-refractivity contribution < 1.29 is 4.74 Å². The van der Waals surface area contributed by atoms with Crippen molar-refractivity contribution in [3.8, 4) is 5.75 Å². The number of benzene rings is 2. The highest BCUT2D eigenvalue weighted by molar-refractivity contribution is 6.31. The molecule has 134 valence electrons. The summed E-state index contributed by atoms with van der Waals surface area (Å²) in [5.41, 5.74) is 3.10. The quantitative estimate of drug-likeness (QED) is 0.624. The minimum atomic E-state index is 0.532. The second-order valence-corrected chi connectivity index (χ2v) is 6.23. The lowest BCUT2D eigenvalue weighted by Crippen LogP contribution is -2.08. The van der Waals surface area contributed by atoms with Crippen LogP contribution in [-0.2, 0) is 6.42 Å². The molecule has 0 saturated carbocycles. The van der Waals surface area contributed by atoms with Crippen molar-refractivity contribution in [1.82, 2.24) is 9.97 Å². The lowest BCUT2D eigenvalue weighted by molar-refractivity contribution is 0.414. The van der Waals surface area contributed by atoms with Gasteiger partial charge in [0, 0.05) is 23.5 Å². The minimum Gasteiger partial charge on any atom is -0.497 e. The molecule has 2 N–H and O–H groups in total. The van der Waals surface area contributed by atoms with Gasteiger partial charge in [-0.05, 0) is 54.8 Å². The Hall–Kier alpha value is -2.79. The number of hydrogen-bond donors (Lipinski definition) is 2. The molecule has 0 aliphatic rings. The van der Waals surface area contributed by atoms with E-state index in [0.717, 1.165) is 35.8 Å². The summed E-state index contributed by atoms with van der Waals surface area (Å²) in [4.78, 5) is 8.77. The van der Waals surface area contributed by atoms with Gasteiger partial charge in [0.05, 0.1) is 7.11 Å². The summed E-state index contributed by atoms with van der Waals surface area (Å²) in [6, 6.07) is 15.6. The molecule has 3 rings (SSSR count). The van der Waals surface area contributed by atoms with Gasteiger partial charge in [0.25, 0.3) is 0 Å². The van der Waals surface area contributed by atoms with E-state index < -0.39 is 0 Å². The normalized spacial score (nSPS) is 10.4. The predicted molar refractivity (Wildman–Crippen MR) is 107 cm³/mol. The van der Waals surface area contributed by atoms with Crippen LogP contribution in [0.4, 0.5) is 17.5 Å². The Balaban J connectivity index is 1.59. The van der Waals surface area contributed by atoms with Gasteiger partial charge in [-0.3, -0.25) is 0 Å². The SMILES string of the molecule is COc1ccc(CCNc2ccnc(Nc3cccc(Cl)c3C)n2)cc1. The number of halogens is 1. The highest BCUT2D eigenvalue weighted by Gasteiger charge is 2.05. The Bertz CT molecular complexity index is 868. The number of hydrogen-bond acceptors (Lipinski definition) is 5. The summed E-state index contributed by atoms with van der Waals surface area (Å²) < 4.78 is 5.17. The monoisotopic (exact) mass is 368 g/mol. The van der Waals surface area contributed by atoms with Crippen molar-refractivity contribution in [2.45, 2.75) is 13.3 Å². The zero-order chi connectivity index (χ0) is 18.4. The van der Waals surface area contributed by atoms with E-state index in [4.69, 9.17) is 16.3 Å². The summed E-state index contributed by atoms with van der Waals surface area (Å²) in [5, 5.41) is 7.25. The molecule has 6 heteroatoms. The second kappa shape index (κ2) is 8.54. The average molecular weight is 369 g/mol. The van der Waals surface area contributed by atoms with Crippen molar-refractivity contribution >= 4 is 29.1 Å². The highest BCUT2D eigenvalue weighted by Crippen LogP contribution is 2.25. The first kappa shape index (κ1) is 18.0. The third-order valence-electron chi connectivity index (χ3n) is 4.05. The fraction of sp³-hybridized carbons (Fsp3) is 0.200. The van der Waals surface area contributed by atoms with Crippen LogP contribution in [0.2, 0.25) is 5.02 Å². The Morgan fingerprint density at radius 2 is 1.88 bits per heavy atom. The molecule has 0 bridgehead atoms. The van der Waals surface area contributed by atoms with Gasteiger partial charge < -0.3 is 15.4 Å². The topological polar surface area (TPSA) is 59.1 Å². The van der Waals surface area contributed by atoms with Gasteiger partial charge in [0.1, 0.15) is 11.6 Å². The smallest absolute Gasteiger partial charge is 0.229 e. The van der Waals surface area contributed by atoms with E-state index in [1.54, 1.807) is 13.3 Å². The maximum atomic E-state index is 6.16. The van der Waals surface area contributed by atoms with Crippen molar-refractivity contribution in [2.24, 2.45) is 0 Å². The minimum absolute atomic E-state index is 0.532.